The molecule has 1 unspecified atom stereocenters. The minimum Gasteiger partial charge on any atom is -0.377 e. The zero-order chi connectivity index (χ0) is 15.3. The maximum absolute atomic E-state index is 12.7. The van der Waals surface area contributed by atoms with Gasteiger partial charge in [-0.3, -0.25) is 0 Å². The van der Waals surface area contributed by atoms with E-state index in [1.807, 2.05) is 19.1 Å². The monoisotopic (exact) mass is 331 g/mol. The summed E-state index contributed by atoms with van der Waals surface area (Å²) in [5, 5.41) is 0. The molecule has 0 N–H and O–H groups in total. The molecule has 0 saturated carbocycles. The summed E-state index contributed by atoms with van der Waals surface area (Å²) in [6, 6.07) is 6.98. The molecule has 21 heavy (non-hydrogen) atoms. The topological polar surface area (TPSA) is 46.6 Å². The second-order valence-electron chi connectivity index (χ2n) is 5.17. The van der Waals surface area contributed by atoms with Gasteiger partial charge < -0.3 is 4.74 Å². The molecule has 118 valence electrons. The molecule has 1 atom stereocenters. The molecule has 1 saturated heterocycles. The number of hydrogen-bond donors (Lipinski definition) is 0. The summed E-state index contributed by atoms with van der Waals surface area (Å²) in [6.45, 7) is 3.47. The number of halogens is 1. The van der Waals surface area contributed by atoms with Gasteiger partial charge in [-0.05, 0) is 37.0 Å². The van der Waals surface area contributed by atoms with E-state index >= 15 is 0 Å². The number of ether oxygens (including phenoxy) is 1. The van der Waals surface area contributed by atoms with Crippen molar-refractivity contribution >= 4 is 21.6 Å². The van der Waals surface area contributed by atoms with Gasteiger partial charge in [0.2, 0.25) is 10.0 Å². The number of hydrogen-bond acceptors (Lipinski definition) is 3. The van der Waals surface area contributed by atoms with Crippen molar-refractivity contribution in [1.29, 1.82) is 0 Å². The van der Waals surface area contributed by atoms with E-state index < -0.39 is 10.0 Å². The molecule has 0 amide bonds. The van der Waals surface area contributed by atoms with E-state index in [1.54, 1.807) is 12.1 Å². The Morgan fingerprint density at radius 2 is 2.05 bits per heavy atom. The van der Waals surface area contributed by atoms with Gasteiger partial charge in [0.05, 0.1) is 11.0 Å². The molecule has 0 aliphatic carbocycles. The highest BCUT2D eigenvalue weighted by Gasteiger charge is 2.27. The van der Waals surface area contributed by atoms with Crippen LogP contribution in [0.1, 0.15) is 25.3 Å². The van der Waals surface area contributed by atoms with Crippen LogP contribution in [0.5, 0.6) is 0 Å². The van der Waals surface area contributed by atoms with Gasteiger partial charge in [0.25, 0.3) is 0 Å². The number of alkyl halides is 1. The lowest BCUT2D eigenvalue weighted by molar-refractivity contribution is 0.0947. The van der Waals surface area contributed by atoms with Gasteiger partial charge in [-0.1, -0.05) is 19.1 Å². The summed E-state index contributed by atoms with van der Waals surface area (Å²) in [5.74, 6) is 0.534. The summed E-state index contributed by atoms with van der Waals surface area (Å²) >= 11 is 5.69. The molecule has 0 bridgehead atoms. The molecule has 0 spiro atoms. The van der Waals surface area contributed by atoms with Gasteiger partial charge in [0.1, 0.15) is 0 Å². The Morgan fingerprint density at radius 1 is 1.33 bits per heavy atom. The number of likely N-dealkylation sites (N-methyl/N-ethyl adjacent to an activating group) is 1. The van der Waals surface area contributed by atoms with E-state index in [4.69, 9.17) is 16.3 Å². The zero-order valence-electron chi connectivity index (χ0n) is 12.3. The van der Waals surface area contributed by atoms with Gasteiger partial charge in [-0.15, -0.1) is 11.6 Å². The Hall–Kier alpha value is -0.620. The highest BCUT2D eigenvalue weighted by molar-refractivity contribution is 7.89. The third kappa shape index (κ3) is 4.19. The Labute approximate surface area is 132 Å². The average Bonchev–Trinajstić information content (AvgIpc) is 2.98. The van der Waals surface area contributed by atoms with E-state index in [0.29, 0.717) is 23.9 Å². The minimum atomic E-state index is -3.45. The van der Waals surface area contributed by atoms with Crippen LogP contribution in [-0.4, -0.2) is 44.4 Å². The van der Waals surface area contributed by atoms with Crippen LogP contribution in [0.4, 0.5) is 0 Å². The van der Waals surface area contributed by atoms with Gasteiger partial charge >= 0.3 is 0 Å². The number of nitrogens with zero attached hydrogens (tertiary/aromatic N) is 1. The largest absolute Gasteiger partial charge is 0.377 e. The summed E-state index contributed by atoms with van der Waals surface area (Å²) < 4.78 is 32.4. The molecule has 1 heterocycles. The van der Waals surface area contributed by atoms with Crippen molar-refractivity contribution in [1.82, 2.24) is 4.31 Å². The minimum absolute atomic E-state index is 0.0234. The van der Waals surface area contributed by atoms with E-state index in [0.717, 1.165) is 31.4 Å². The van der Waals surface area contributed by atoms with Crippen molar-refractivity contribution in [3.8, 4) is 0 Å². The third-order valence-electron chi connectivity index (χ3n) is 3.73. The van der Waals surface area contributed by atoms with Crippen molar-refractivity contribution in [2.45, 2.75) is 37.2 Å². The van der Waals surface area contributed by atoms with Crippen LogP contribution in [0.3, 0.4) is 0 Å². The fraction of sp³-hybridized carbons (Fsp3) is 0.600. The highest BCUT2D eigenvalue weighted by atomic mass is 35.5. The summed E-state index contributed by atoms with van der Waals surface area (Å²) in [7, 11) is -3.45. The SMILES string of the molecule is CCN(CC1CCCO1)S(=O)(=O)c1ccc(CCCl)cc1. The fourth-order valence-corrected chi connectivity index (χ4v) is 4.20. The van der Waals surface area contributed by atoms with Crippen LogP contribution in [0, 0.1) is 0 Å². The van der Waals surface area contributed by atoms with Gasteiger partial charge in [-0.25, -0.2) is 8.42 Å². The smallest absolute Gasteiger partial charge is 0.243 e. The predicted octanol–water partition coefficient (Wildman–Crippen LogP) is 2.66. The molecule has 1 aromatic rings. The van der Waals surface area contributed by atoms with E-state index in [9.17, 15) is 8.42 Å². The van der Waals surface area contributed by atoms with Crippen LogP contribution >= 0.6 is 11.6 Å². The van der Waals surface area contributed by atoms with Gasteiger partial charge in [0.15, 0.2) is 0 Å². The van der Waals surface area contributed by atoms with Crippen molar-refractivity contribution in [2.75, 3.05) is 25.6 Å². The number of rotatable bonds is 7. The molecule has 0 aromatic heterocycles. The predicted molar refractivity (Wildman–Crippen MR) is 84.3 cm³/mol. The Morgan fingerprint density at radius 3 is 2.57 bits per heavy atom. The third-order valence-corrected chi connectivity index (χ3v) is 5.87. The summed E-state index contributed by atoms with van der Waals surface area (Å²) in [6.07, 6.45) is 2.71. The van der Waals surface area contributed by atoms with Crippen molar-refractivity contribution < 1.29 is 13.2 Å². The quantitative estimate of drug-likeness (QED) is 0.722. The molecule has 1 aliphatic heterocycles. The standard InChI is InChI=1S/C15H22ClNO3S/c1-2-17(12-14-4-3-11-20-14)21(18,19)15-7-5-13(6-8-15)9-10-16/h5-8,14H,2-4,9-12H2,1H3. The van der Waals surface area contributed by atoms with Crippen LogP contribution in [0.15, 0.2) is 29.2 Å². The van der Waals surface area contributed by atoms with Gasteiger partial charge in [0, 0.05) is 25.6 Å². The van der Waals surface area contributed by atoms with Crippen LogP contribution in [-0.2, 0) is 21.2 Å². The first-order valence-corrected chi connectivity index (χ1v) is 9.32. The van der Waals surface area contributed by atoms with Gasteiger partial charge in [-0.2, -0.15) is 4.31 Å². The Kier molecular flexibility index (Phi) is 6.05. The molecular weight excluding hydrogens is 310 g/mol. The van der Waals surface area contributed by atoms with Crippen molar-refractivity contribution in [3.63, 3.8) is 0 Å². The maximum atomic E-state index is 12.7. The number of aryl methyl sites for hydroxylation is 1. The molecule has 1 aliphatic rings. The highest BCUT2D eigenvalue weighted by Crippen LogP contribution is 2.20. The van der Waals surface area contributed by atoms with E-state index in [2.05, 4.69) is 0 Å². The Balaban J connectivity index is 2.13. The maximum Gasteiger partial charge on any atom is 0.243 e. The first-order valence-electron chi connectivity index (χ1n) is 7.34. The van der Waals surface area contributed by atoms with Crippen molar-refractivity contribution in [2.24, 2.45) is 0 Å². The molecule has 1 fully saturated rings. The lowest BCUT2D eigenvalue weighted by atomic mass is 10.2. The average molecular weight is 332 g/mol. The van der Waals surface area contributed by atoms with Crippen LogP contribution in [0.25, 0.3) is 0 Å². The second kappa shape index (κ2) is 7.58. The van der Waals surface area contributed by atoms with E-state index in [1.165, 1.54) is 4.31 Å². The van der Waals surface area contributed by atoms with Crippen LogP contribution < -0.4 is 0 Å². The number of sulfonamides is 1. The first-order chi connectivity index (χ1) is 10.1. The number of benzene rings is 1. The molecule has 6 heteroatoms. The van der Waals surface area contributed by atoms with Crippen LogP contribution in [0.2, 0.25) is 0 Å². The lowest BCUT2D eigenvalue weighted by Crippen LogP contribution is -2.37. The molecule has 4 nitrogen and oxygen atoms in total. The fourth-order valence-electron chi connectivity index (χ4n) is 2.50. The van der Waals surface area contributed by atoms with E-state index in [-0.39, 0.29) is 6.10 Å². The van der Waals surface area contributed by atoms with Crippen molar-refractivity contribution in [3.05, 3.63) is 29.8 Å². The zero-order valence-corrected chi connectivity index (χ0v) is 13.9. The normalized spacial score (nSPS) is 19.3. The second-order valence-corrected chi connectivity index (χ2v) is 7.49. The summed E-state index contributed by atoms with van der Waals surface area (Å²) in [5.41, 5.74) is 1.05. The lowest BCUT2D eigenvalue weighted by Gasteiger charge is -2.23. The first kappa shape index (κ1) is 16.7. The Bertz CT molecular complexity index is 539. The molecule has 0 radical (unpaired) electrons. The molecular formula is C15H22ClNO3S. The molecule has 1 aromatic carbocycles. The molecule has 2 rings (SSSR count). The summed E-state index contributed by atoms with van der Waals surface area (Å²) in [4.78, 5) is 0.334.